The Hall–Kier alpha value is -0.370. The monoisotopic (exact) mass is 200 g/mol. The summed E-state index contributed by atoms with van der Waals surface area (Å²) in [5.74, 6) is 0.230. The molecule has 1 rings (SSSR count). The van der Waals surface area contributed by atoms with Crippen molar-refractivity contribution in [3.05, 3.63) is 22.2 Å². The largest absolute Gasteiger partial charge is 0.294 e. The van der Waals surface area contributed by atoms with Crippen molar-refractivity contribution in [1.29, 1.82) is 0 Å². The molecule has 0 unspecified atom stereocenters. The summed E-state index contributed by atoms with van der Waals surface area (Å²) in [6.07, 6.45) is 5.49. The van der Waals surface area contributed by atoms with Crippen LogP contribution in [0.4, 0.5) is 0 Å². The highest BCUT2D eigenvalue weighted by molar-refractivity contribution is 9.12. The van der Waals surface area contributed by atoms with Gasteiger partial charge in [-0.25, -0.2) is 0 Å². The molecule has 0 N–H and O–H groups in total. The summed E-state index contributed by atoms with van der Waals surface area (Å²) in [5, 5.41) is 0. The van der Waals surface area contributed by atoms with Crippen molar-refractivity contribution in [2.24, 2.45) is 0 Å². The molecule has 0 saturated heterocycles. The zero-order valence-corrected chi connectivity index (χ0v) is 7.44. The molecular weight excluding hydrogens is 192 g/mol. The molecule has 10 heavy (non-hydrogen) atoms. The summed E-state index contributed by atoms with van der Waals surface area (Å²) in [5.41, 5.74) is 1.13. The Morgan fingerprint density at radius 3 is 2.60 bits per heavy atom. The number of carbonyl (C=O) groups is 1. The van der Waals surface area contributed by atoms with Gasteiger partial charge >= 0.3 is 0 Å². The summed E-state index contributed by atoms with van der Waals surface area (Å²) in [6, 6.07) is 0. The molecule has 0 fully saturated rings. The zero-order chi connectivity index (χ0) is 7.56. The predicted octanol–water partition coefficient (Wildman–Crippen LogP) is 2.57. The number of carbonyl (C=O) groups excluding carboxylic acids is 1. The average molecular weight is 201 g/mol. The van der Waals surface area contributed by atoms with Gasteiger partial charge < -0.3 is 0 Å². The van der Waals surface area contributed by atoms with E-state index < -0.39 is 0 Å². The van der Waals surface area contributed by atoms with Crippen LogP contribution in [0.5, 0.6) is 0 Å². The Bertz CT molecular complexity index is 213. The number of allylic oxidation sites excluding steroid dienone is 4. The lowest BCUT2D eigenvalue weighted by Gasteiger charge is -1.88. The minimum Gasteiger partial charge on any atom is -0.294 e. The molecule has 0 amide bonds. The molecule has 54 valence electrons. The summed E-state index contributed by atoms with van der Waals surface area (Å²) < 4.78 is 0.769. The molecule has 0 heterocycles. The van der Waals surface area contributed by atoms with Crippen LogP contribution in [0.3, 0.4) is 0 Å². The lowest BCUT2D eigenvalue weighted by atomic mass is 10.2. The summed E-state index contributed by atoms with van der Waals surface area (Å²) in [4.78, 5) is 10.9. The van der Waals surface area contributed by atoms with Crippen LogP contribution >= 0.6 is 15.9 Å². The summed E-state index contributed by atoms with van der Waals surface area (Å²) >= 11 is 3.25. The first kappa shape index (κ1) is 7.73. The van der Waals surface area contributed by atoms with Crippen LogP contribution in [-0.4, -0.2) is 5.78 Å². The van der Waals surface area contributed by atoms with Crippen molar-refractivity contribution in [1.82, 2.24) is 0 Å². The Kier molecular flexibility index (Phi) is 2.44. The van der Waals surface area contributed by atoms with Crippen molar-refractivity contribution in [2.75, 3.05) is 0 Å². The number of rotatable bonds is 1. The van der Waals surface area contributed by atoms with E-state index in [-0.39, 0.29) is 5.78 Å². The van der Waals surface area contributed by atoms with Gasteiger partial charge in [0.05, 0.1) is 4.48 Å². The smallest absolute Gasteiger partial charge is 0.170 e. The van der Waals surface area contributed by atoms with E-state index in [0.29, 0.717) is 6.42 Å². The van der Waals surface area contributed by atoms with Gasteiger partial charge in [0.2, 0.25) is 0 Å². The van der Waals surface area contributed by atoms with Gasteiger partial charge in [0.1, 0.15) is 0 Å². The SMILES string of the molecule is C/C=C\C1=C(Br)C(=O)CC1. The minimum absolute atomic E-state index is 0.230. The molecule has 0 atom stereocenters. The highest BCUT2D eigenvalue weighted by Crippen LogP contribution is 2.27. The third-order valence-corrected chi connectivity index (χ3v) is 2.47. The van der Waals surface area contributed by atoms with Gasteiger partial charge in [0.15, 0.2) is 5.78 Å². The average Bonchev–Trinajstić information content (AvgIpc) is 2.20. The van der Waals surface area contributed by atoms with Crippen molar-refractivity contribution >= 4 is 21.7 Å². The minimum atomic E-state index is 0.230. The summed E-state index contributed by atoms with van der Waals surface area (Å²) in [7, 11) is 0. The zero-order valence-electron chi connectivity index (χ0n) is 5.86. The number of halogens is 1. The normalized spacial score (nSPS) is 19.6. The maximum Gasteiger partial charge on any atom is 0.170 e. The molecule has 2 heteroatoms. The van der Waals surface area contributed by atoms with E-state index in [2.05, 4.69) is 15.9 Å². The molecular formula is C8H9BrO. The first-order valence-electron chi connectivity index (χ1n) is 3.30. The maximum atomic E-state index is 10.9. The highest BCUT2D eigenvalue weighted by Gasteiger charge is 2.17. The Labute approximate surface area is 68.9 Å². The van der Waals surface area contributed by atoms with E-state index in [1.807, 2.05) is 19.1 Å². The third kappa shape index (κ3) is 1.37. The molecule has 1 aliphatic rings. The molecule has 0 aliphatic heterocycles. The molecule has 0 saturated carbocycles. The van der Waals surface area contributed by atoms with Crippen LogP contribution in [0.1, 0.15) is 19.8 Å². The molecule has 1 nitrogen and oxygen atoms in total. The number of ketones is 1. The van der Waals surface area contributed by atoms with Gasteiger partial charge in [-0.15, -0.1) is 0 Å². The van der Waals surface area contributed by atoms with E-state index in [4.69, 9.17) is 0 Å². The molecule has 0 aromatic carbocycles. The molecule has 0 aromatic heterocycles. The van der Waals surface area contributed by atoms with Gasteiger partial charge in [0.25, 0.3) is 0 Å². The fourth-order valence-electron chi connectivity index (χ4n) is 1.00. The van der Waals surface area contributed by atoms with Crippen LogP contribution in [-0.2, 0) is 4.79 Å². The van der Waals surface area contributed by atoms with Crippen LogP contribution in [0.25, 0.3) is 0 Å². The first-order valence-corrected chi connectivity index (χ1v) is 4.09. The molecule has 0 bridgehead atoms. The first-order chi connectivity index (χ1) is 4.75. The van der Waals surface area contributed by atoms with Crippen molar-refractivity contribution in [3.8, 4) is 0 Å². The van der Waals surface area contributed by atoms with E-state index in [9.17, 15) is 4.79 Å². The third-order valence-electron chi connectivity index (χ3n) is 1.52. The number of hydrogen-bond acceptors (Lipinski definition) is 1. The second kappa shape index (κ2) is 3.15. The number of hydrogen-bond donors (Lipinski definition) is 0. The maximum absolute atomic E-state index is 10.9. The standard InChI is InChI=1S/C8H9BrO/c1-2-3-6-4-5-7(10)8(6)9/h2-3H,4-5H2,1H3/b3-2-. The molecule has 1 aliphatic carbocycles. The van der Waals surface area contributed by atoms with Gasteiger partial charge in [-0.3, -0.25) is 4.79 Å². The number of Topliss-reactive ketones (excluding diaryl/α,β-unsaturated/α-hetero) is 1. The quantitative estimate of drug-likeness (QED) is 0.637. The highest BCUT2D eigenvalue weighted by atomic mass is 79.9. The second-order valence-corrected chi connectivity index (χ2v) is 3.06. The van der Waals surface area contributed by atoms with Gasteiger partial charge in [-0.1, -0.05) is 12.2 Å². The van der Waals surface area contributed by atoms with E-state index in [1.165, 1.54) is 0 Å². The predicted molar refractivity (Wildman–Crippen MR) is 45.0 cm³/mol. The Morgan fingerprint density at radius 1 is 1.50 bits per heavy atom. The second-order valence-electron chi connectivity index (χ2n) is 2.26. The van der Waals surface area contributed by atoms with E-state index in [1.54, 1.807) is 0 Å². The van der Waals surface area contributed by atoms with Crippen molar-refractivity contribution in [3.63, 3.8) is 0 Å². The Morgan fingerprint density at radius 2 is 2.20 bits per heavy atom. The Balaban J connectivity index is 2.85. The van der Waals surface area contributed by atoms with Crippen LogP contribution in [0.2, 0.25) is 0 Å². The van der Waals surface area contributed by atoms with Gasteiger partial charge in [-0.2, -0.15) is 0 Å². The van der Waals surface area contributed by atoms with Crippen molar-refractivity contribution in [2.45, 2.75) is 19.8 Å². The van der Waals surface area contributed by atoms with E-state index in [0.717, 1.165) is 16.5 Å². The van der Waals surface area contributed by atoms with Crippen LogP contribution in [0.15, 0.2) is 22.2 Å². The molecule has 0 radical (unpaired) electrons. The fourth-order valence-corrected chi connectivity index (χ4v) is 1.53. The lowest BCUT2D eigenvalue weighted by molar-refractivity contribution is -0.114. The van der Waals surface area contributed by atoms with E-state index >= 15 is 0 Å². The topological polar surface area (TPSA) is 17.1 Å². The fraction of sp³-hybridized carbons (Fsp3) is 0.375. The van der Waals surface area contributed by atoms with Crippen LogP contribution < -0.4 is 0 Å². The lowest BCUT2D eigenvalue weighted by Crippen LogP contribution is -1.86. The summed E-state index contributed by atoms with van der Waals surface area (Å²) in [6.45, 7) is 1.95. The van der Waals surface area contributed by atoms with Gasteiger partial charge in [-0.05, 0) is 34.8 Å². The molecule has 0 spiro atoms. The molecule has 0 aromatic rings. The van der Waals surface area contributed by atoms with Crippen molar-refractivity contribution < 1.29 is 4.79 Å². The van der Waals surface area contributed by atoms with Crippen LogP contribution in [0, 0.1) is 0 Å². The van der Waals surface area contributed by atoms with Gasteiger partial charge in [0, 0.05) is 6.42 Å².